The topological polar surface area (TPSA) is 79.3 Å². The third kappa shape index (κ3) is 2.72. The summed E-state index contributed by atoms with van der Waals surface area (Å²) in [6, 6.07) is 8.02. The average Bonchev–Trinajstić information content (AvgIpc) is 3.04. The number of hydrogen-bond donors (Lipinski definition) is 2. The molecule has 5 nitrogen and oxygen atoms in total. The van der Waals surface area contributed by atoms with E-state index in [1.54, 1.807) is 30.5 Å². The quantitative estimate of drug-likeness (QED) is 0.445. The zero-order valence-corrected chi connectivity index (χ0v) is 16.2. The highest BCUT2D eigenvalue weighted by Gasteiger charge is 2.35. The SMILES string of the molecule is O=C1c2ccccc2C(=O)c2c(NCc3cnc(Cl)s3)c(Br)cc(O)c21. The highest BCUT2D eigenvalue weighted by Crippen LogP contribution is 2.41. The zero-order chi connectivity index (χ0) is 18.4. The summed E-state index contributed by atoms with van der Waals surface area (Å²) in [7, 11) is 0. The normalized spacial score (nSPS) is 12.7. The molecular formula is C18H10BrClN2O3S. The van der Waals surface area contributed by atoms with Crippen LogP contribution in [0.3, 0.4) is 0 Å². The van der Waals surface area contributed by atoms with Crippen LogP contribution in [0, 0.1) is 0 Å². The molecule has 0 saturated heterocycles. The Labute approximate surface area is 165 Å². The molecule has 2 N–H and O–H groups in total. The molecule has 130 valence electrons. The first-order valence-electron chi connectivity index (χ1n) is 7.55. The zero-order valence-electron chi connectivity index (χ0n) is 13.0. The summed E-state index contributed by atoms with van der Waals surface area (Å²) in [5, 5.41) is 13.5. The fourth-order valence-electron chi connectivity index (χ4n) is 2.96. The lowest BCUT2D eigenvalue weighted by Crippen LogP contribution is -2.23. The van der Waals surface area contributed by atoms with E-state index in [1.165, 1.54) is 17.4 Å². The predicted octanol–water partition coefficient (Wildman–Crippen LogP) is 4.65. The lowest BCUT2D eigenvalue weighted by Gasteiger charge is -2.22. The van der Waals surface area contributed by atoms with Crippen molar-refractivity contribution >= 4 is 56.1 Å². The van der Waals surface area contributed by atoms with E-state index in [0.717, 1.165) is 4.88 Å². The highest BCUT2D eigenvalue weighted by molar-refractivity contribution is 9.10. The van der Waals surface area contributed by atoms with Gasteiger partial charge in [0.05, 0.1) is 23.4 Å². The number of carbonyl (C=O) groups is 2. The summed E-state index contributed by atoms with van der Waals surface area (Å²) in [5.41, 5.74) is 1.25. The Bertz CT molecular complexity index is 1080. The fourth-order valence-corrected chi connectivity index (χ4v) is 4.43. The second-order valence-electron chi connectivity index (χ2n) is 5.64. The number of nitrogens with zero attached hydrogens (tertiary/aromatic N) is 1. The van der Waals surface area contributed by atoms with Crippen LogP contribution in [-0.4, -0.2) is 21.7 Å². The summed E-state index contributed by atoms with van der Waals surface area (Å²) >= 11 is 10.5. The minimum absolute atomic E-state index is 0.0155. The Balaban J connectivity index is 1.84. The number of aromatic nitrogens is 1. The first kappa shape index (κ1) is 17.2. The van der Waals surface area contributed by atoms with Crippen molar-refractivity contribution in [1.29, 1.82) is 0 Å². The molecule has 1 aliphatic rings. The largest absolute Gasteiger partial charge is 0.507 e. The lowest BCUT2D eigenvalue weighted by atomic mass is 9.82. The molecule has 0 saturated carbocycles. The monoisotopic (exact) mass is 448 g/mol. The summed E-state index contributed by atoms with van der Waals surface area (Å²) in [4.78, 5) is 30.7. The Hall–Kier alpha value is -2.22. The van der Waals surface area contributed by atoms with Gasteiger partial charge in [0.25, 0.3) is 0 Å². The molecule has 1 aromatic heterocycles. The van der Waals surface area contributed by atoms with E-state index in [2.05, 4.69) is 26.2 Å². The minimum atomic E-state index is -0.371. The maximum absolute atomic E-state index is 13.0. The molecule has 4 rings (SSSR count). The molecule has 2 aromatic carbocycles. The van der Waals surface area contributed by atoms with Crippen molar-refractivity contribution in [1.82, 2.24) is 4.98 Å². The van der Waals surface area contributed by atoms with Crippen LogP contribution in [-0.2, 0) is 6.54 Å². The van der Waals surface area contributed by atoms with Crippen LogP contribution in [0.15, 0.2) is 41.0 Å². The number of rotatable bonds is 3. The number of thiazole rings is 1. The molecule has 1 aliphatic carbocycles. The van der Waals surface area contributed by atoms with Gasteiger partial charge in [-0.15, -0.1) is 11.3 Å². The van der Waals surface area contributed by atoms with Crippen LogP contribution >= 0.6 is 38.9 Å². The third-order valence-electron chi connectivity index (χ3n) is 4.09. The van der Waals surface area contributed by atoms with E-state index in [4.69, 9.17) is 11.6 Å². The minimum Gasteiger partial charge on any atom is -0.507 e. The van der Waals surface area contributed by atoms with E-state index in [-0.39, 0.29) is 28.4 Å². The van der Waals surface area contributed by atoms with Gasteiger partial charge in [0.2, 0.25) is 0 Å². The number of nitrogens with one attached hydrogen (secondary N) is 1. The van der Waals surface area contributed by atoms with Crippen LogP contribution < -0.4 is 5.32 Å². The Morgan fingerprint density at radius 3 is 2.42 bits per heavy atom. The molecule has 0 spiro atoms. The number of carbonyl (C=O) groups excluding carboxylic acids is 2. The molecule has 0 aliphatic heterocycles. The van der Waals surface area contributed by atoms with Crippen LogP contribution in [0.1, 0.15) is 36.7 Å². The summed E-state index contributed by atoms with van der Waals surface area (Å²) in [6.07, 6.45) is 1.64. The molecule has 0 amide bonds. The number of phenols is 1. The van der Waals surface area contributed by atoms with E-state index in [9.17, 15) is 14.7 Å². The molecule has 0 radical (unpaired) electrons. The van der Waals surface area contributed by atoms with Crippen LogP contribution in [0.2, 0.25) is 4.47 Å². The van der Waals surface area contributed by atoms with Crippen molar-refractivity contribution in [3.05, 3.63) is 72.6 Å². The van der Waals surface area contributed by atoms with E-state index >= 15 is 0 Å². The Morgan fingerprint density at radius 1 is 1.15 bits per heavy atom. The van der Waals surface area contributed by atoms with Gasteiger partial charge < -0.3 is 10.4 Å². The second kappa shape index (κ2) is 6.50. The molecule has 1 heterocycles. The second-order valence-corrected chi connectivity index (χ2v) is 8.19. The maximum atomic E-state index is 13.0. The van der Waals surface area contributed by atoms with Gasteiger partial charge in [-0.25, -0.2) is 4.98 Å². The van der Waals surface area contributed by atoms with Gasteiger partial charge >= 0.3 is 0 Å². The van der Waals surface area contributed by atoms with Crippen molar-refractivity contribution in [2.45, 2.75) is 6.54 Å². The van der Waals surface area contributed by atoms with Gasteiger partial charge in [-0.3, -0.25) is 9.59 Å². The highest BCUT2D eigenvalue weighted by atomic mass is 79.9. The summed E-state index contributed by atoms with van der Waals surface area (Å²) in [6.45, 7) is 0.378. The Morgan fingerprint density at radius 2 is 1.81 bits per heavy atom. The predicted molar refractivity (Wildman–Crippen MR) is 104 cm³/mol. The van der Waals surface area contributed by atoms with Crippen molar-refractivity contribution in [2.75, 3.05) is 5.32 Å². The maximum Gasteiger partial charge on any atom is 0.198 e. The van der Waals surface area contributed by atoms with E-state index in [0.29, 0.717) is 32.3 Å². The molecule has 26 heavy (non-hydrogen) atoms. The van der Waals surface area contributed by atoms with Crippen molar-refractivity contribution in [3.8, 4) is 5.75 Å². The van der Waals surface area contributed by atoms with Gasteiger partial charge in [0, 0.05) is 26.7 Å². The number of benzene rings is 2. The van der Waals surface area contributed by atoms with Crippen LogP contribution in [0.4, 0.5) is 5.69 Å². The fraction of sp³-hybridized carbons (Fsp3) is 0.0556. The molecule has 0 fully saturated rings. The number of halogens is 2. The Kier molecular flexibility index (Phi) is 4.30. The number of ketones is 2. The van der Waals surface area contributed by atoms with Crippen LogP contribution in [0.25, 0.3) is 0 Å². The lowest BCUT2D eigenvalue weighted by molar-refractivity contribution is 0.0977. The van der Waals surface area contributed by atoms with Gasteiger partial charge in [0.1, 0.15) is 5.75 Å². The molecule has 8 heteroatoms. The van der Waals surface area contributed by atoms with Gasteiger partial charge in [-0.05, 0) is 22.0 Å². The summed E-state index contributed by atoms with van der Waals surface area (Å²) in [5.74, 6) is -0.910. The summed E-state index contributed by atoms with van der Waals surface area (Å²) < 4.78 is 0.915. The standard InChI is InChI=1S/C18H10BrClN2O3S/c19-11-5-12(23)13-14(15(11)21-6-8-7-22-18(20)26-8)17(25)10-4-2-1-3-9(10)16(13)24/h1-5,7,21,23H,6H2. The van der Waals surface area contributed by atoms with Gasteiger partial charge in [0.15, 0.2) is 16.0 Å². The first-order valence-corrected chi connectivity index (χ1v) is 9.54. The number of fused-ring (bicyclic) bond motifs is 2. The molecule has 0 bridgehead atoms. The molecular weight excluding hydrogens is 440 g/mol. The molecule has 0 unspecified atom stereocenters. The number of anilines is 1. The number of hydrogen-bond acceptors (Lipinski definition) is 6. The van der Waals surface area contributed by atoms with Gasteiger partial charge in [-0.1, -0.05) is 35.9 Å². The number of phenolic OH excluding ortho intramolecular Hbond substituents is 1. The average molecular weight is 450 g/mol. The van der Waals surface area contributed by atoms with Crippen molar-refractivity contribution < 1.29 is 14.7 Å². The first-order chi connectivity index (χ1) is 12.5. The molecule has 0 atom stereocenters. The van der Waals surface area contributed by atoms with Crippen molar-refractivity contribution in [3.63, 3.8) is 0 Å². The van der Waals surface area contributed by atoms with E-state index in [1.807, 2.05) is 0 Å². The van der Waals surface area contributed by atoms with E-state index < -0.39 is 0 Å². The van der Waals surface area contributed by atoms with Crippen molar-refractivity contribution in [2.24, 2.45) is 0 Å². The van der Waals surface area contributed by atoms with Gasteiger partial charge in [-0.2, -0.15) is 0 Å². The van der Waals surface area contributed by atoms with Crippen LogP contribution in [0.5, 0.6) is 5.75 Å². The third-order valence-corrected chi connectivity index (χ3v) is 5.83. The molecule has 3 aromatic rings. The number of aromatic hydroxyl groups is 1. The smallest absolute Gasteiger partial charge is 0.198 e.